The minimum absolute atomic E-state index is 0.182. The fourth-order valence-corrected chi connectivity index (χ4v) is 6.51. The van der Waals surface area contributed by atoms with Crippen molar-refractivity contribution >= 4 is 10.9 Å². The third-order valence-corrected chi connectivity index (χ3v) is 7.34. The Kier molecular flexibility index (Phi) is 4.22. The maximum Gasteiger partial charge on any atom is 0.116 e. The number of rotatable bonds is 5. The third-order valence-electron chi connectivity index (χ3n) is 7.34. The summed E-state index contributed by atoms with van der Waals surface area (Å²) in [4.78, 5) is 6.32. The summed E-state index contributed by atoms with van der Waals surface area (Å²) in [6.45, 7) is 6.01. The molecular formula is C22H30N2O3. The van der Waals surface area contributed by atoms with Gasteiger partial charge in [0.2, 0.25) is 0 Å². The Labute approximate surface area is 160 Å². The molecule has 5 atom stereocenters. The lowest BCUT2D eigenvalue weighted by Gasteiger charge is -2.59. The van der Waals surface area contributed by atoms with Crippen LogP contribution in [0.2, 0.25) is 0 Å². The van der Waals surface area contributed by atoms with E-state index in [9.17, 15) is 10.2 Å². The van der Waals surface area contributed by atoms with Crippen LogP contribution < -0.4 is 0 Å². The van der Waals surface area contributed by atoms with E-state index in [0.29, 0.717) is 23.6 Å². The number of nitrogens with one attached hydrogen (secondary N) is 1. The summed E-state index contributed by atoms with van der Waals surface area (Å²) in [5.41, 5.74) is 3.38. The summed E-state index contributed by atoms with van der Waals surface area (Å²) >= 11 is 0. The number of aromatic nitrogens is 1. The zero-order valence-corrected chi connectivity index (χ0v) is 16.1. The SMILES string of the molecule is CCOCCC1CC2CN3CCc4c([nH]c5ccc(O)cc45)C(CO)(C2)C13. The van der Waals surface area contributed by atoms with E-state index in [1.807, 2.05) is 12.1 Å². The Balaban J connectivity index is 1.62. The highest BCUT2D eigenvalue weighted by Crippen LogP contribution is 2.54. The number of hydrogen-bond acceptors (Lipinski definition) is 4. The molecule has 3 N–H and O–H groups in total. The van der Waals surface area contributed by atoms with Crippen LogP contribution >= 0.6 is 0 Å². The Morgan fingerprint density at radius 2 is 2.26 bits per heavy atom. The first kappa shape index (κ1) is 17.5. The number of benzene rings is 1. The number of aliphatic hydroxyl groups excluding tert-OH is 1. The molecule has 3 fully saturated rings. The average molecular weight is 370 g/mol. The number of nitrogens with zero attached hydrogens (tertiary/aromatic N) is 1. The molecule has 1 aromatic carbocycles. The van der Waals surface area contributed by atoms with Crippen molar-refractivity contribution in [3.8, 4) is 5.75 Å². The van der Waals surface area contributed by atoms with Gasteiger partial charge in [-0.25, -0.2) is 0 Å². The molecule has 0 amide bonds. The van der Waals surface area contributed by atoms with E-state index in [-0.39, 0.29) is 12.0 Å². The molecule has 6 rings (SSSR count). The van der Waals surface area contributed by atoms with Gasteiger partial charge in [0.15, 0.2) is 0 Å². The Morgan fingerprint density at radius 3 is 3.07 bits per heavy atom. The smallest absolute Gasteiger partial charge is 0.116 e. The molecule has 3 aliphatic heterocycles. The van der Waals surface area contributed by atoms with Crippen molar-refractivity contribution in [3.05, 3.63) is 29.5 Å². The predicted octanol–water partition coefficient (Wildman–Crippen LogP) is 2.80. The number of fused-ring (bicyclic) bond motifs is 4. The van der Waals surface area contributed by atoms with E-state index in [2.05, 4.69) is 16.8 Å². The number of hydrogen-bond donors (Lipinski definition) is 3. The largest absolute Gasteiger partial charge is 0.508 e. The van der Waals surface area contributed by atoms with Crippen LogP contribution in [0, 0.1) is 11.8 Å². The molecule has 1 aliphatic carbocycles. The summed E-state index contributed by atoms with van der Waals surface area (Å²) in [6, 6.07) is 5.96. The number of phenolic OH excluding ortho intramolecular Hbond substituents is 1. The monoisotopic (exact) mass is 370 g/mol. The van der Waals surface area contributed by atoms with E-state index in [4.69, 9.17) is 4.74 Å². The predicted molar refractivity (Wildman–Crippen MR) is 105 cm³/mol. The molecule has 146 valence electrons. The lowest BCUT2D eigenvalue weighted by atomic mass is 9.56. The van der Waals surface area contributed by atoms with Crippen LogP contribution in [0.5, 0.6) is 5.75 Å². The molecule has 1 aromatic heterocycles. The van der Waals surface area contributed by atoms with E-state index in [0.717, 1.165) is 56.5 Å². The van der Waals surface area contributed by atoms with Gasteiger partial charge in [0.05, 0.1) is 6.61 Å². The van der Waals surface area contributed by atoms with Gasteiger partial charge in [-0.2, -0.15) is 0 Å². The molecule has 5 unspecified atom stereocenters. The second-order valence-electron chi connectivity index (χ2n) is 8.76. The first-order valence-corrected chi connectivity index (χ1v) is 10.4. The topological polar surface area (TPSA) is 68.7 Å². The van der Waals surface area contributed by atoms with Crippen LogP contribution in [0.4, 0.5) is 0 Å². The summed E-state index contributed by atoms with van der Waals surface area (Å²) < 4.78 is 5.68. The molecule has 4 bridgehead atoms. The Bertz CT molecular complexity index is 847. The van der Waals surface area contributed by atoms with Crippen molar-refractivity contribution in [1.29, 1.82) is 0 Å². The molecule has 1 saturated carbocycles. The van der Waals surface area contributed by atoms with Gasteiger partial charge in [-0.05, 0) is 68.2 Å². The molecule has 5 heteroatoms. The van der Waals surface area contributed by atoms with E-state index >= 15 is 0 Å². The van der Waals surface area contributed by atoms with Gasteiger partial charge < -0.3 is 19.9 Å². The molecule has 27 heavy (non-hydrogen) atoms. The number of phenols is 1. The van der Waals surface area contributed by atoms with Gasteiger partial charge in [-0.15, -0.1) is 0 Å². The van der Waals surface area contributed by atoms with Crippen molar-refractivity contribution in [1.82, 2.24) is 9.88 Å². The van der Waals surface area contributed by atoms with Gasteiger partial charge in [-0.1, -0.05) is 0 Å². The summed E-state index contributed by atoms with van der Waals surface area (Å²) in [5, 5.41) is 21.9. The fourth-order valence-electron chi connectivity index (χ4n) is 6.51. The van der Waals surface area contributed by atoms with Gasteiger partial charge in [0, 0.05) is 54.4 Å². The summed E-state index contributed by atoms with van der Waals surface area (Å²) in [7, 11) is 0. The first-order valence-electron chi connectivity index (χ1n) is 10.4. The molecule has 4 aliphatic rings. The highest BCUT2D eigenvalue weighted by Gasteiger charge is 2.58. The molecular weight excluding hydrogens is 340 g/mol. The molecule has 2 aromatic rings. The second kappa shape index (κ2) is 6.50. The molecule has 5 nitrogen and oxygen atoms in total. The normalized spacial score (nSPS) is 34.6. The molecule has 0 radical (unpaired) electrons. The van der Waals surface area contributed by atoms with Gasteiger partial charge in [-0.3, -0.25) is 4.90 Å². The summed E-state index contributed by atoms with van der Waals surface area (Å²) in [5.74, 6) is 1.52. The van der Waals surface area contributed by atoms with Crippen molar-refractivity contribution in [2.75, 3.05) is 32.9 Å². The zero-order chi connectivity index (χ0) is 18.6. The van der Waals surface area contributed by atoms with Crippen LogP contribution in [0.1, 0.15) is 37.4 Å². The van der Waals surface area contributed by atoms with Crippen LogP contribution in [-0.2, 0) is 16.6 Å². The molecule has 2 saturated heterocycles. The van der Waals surface area contributed by atoms with Gasteiger partial charge >= 0.3 is 0 Å². The van der Waals surface area contributed by atoms with Gasteiger partial charge in [0.1, 0.15) is 5.75 Å². The fraction of sp³-hybridized carbons (Fsp3) is 0.636. The van der Waals surface area contributed by atoms with Crippen molar-refractivity contribution in [2.45, 2.75) is 44.1 Å². The number of aromatic amines is 1. The molecule has 0 spiro atoms. The minimum Gasteiger partial charge on any atom is -0.508 e. The Morgan fingerprint density at radius 1 is 1.37 bits per heavy atom. The quantitative estimate of drug-likeness (QED) is 0.708. The first-order chi connectivity index (χ1) is 13.2. The van der Waals surface area contributed by atoms with Crippen molar-refractivity contribution in [3.63, 3.8) is 0 Å². The van der Waals surface area contributed by atoms with Crippen LogP contribution in [0.25, 0.3) is 10.9 Å². The van der Waals surface area contributed by atoms with Crippen molar-refractivity contribution in [2.24, 2.45) is 11.8 Å². The standard InChI is InChI=1S/C22H30N2O3/c1-2-27-8-6-15-9-14-11-22(13-25)20-17(5-7-24(12-14)21(15)22)18-10-16(26)3-4-19(18)23-20/h3-4,10,14-15,21,23,25-26H,2,5-9,11-13H2,1H3. The van der Waals surface area contributed by atoms with E-state index < -0.39 is 0 Å². The Hall–Kier alpha value is -1.56. The van der Waals surface area contributed by atoms with E-state index in [1.54, 1.807) is 6.07 Å². The van der Waals surface area contributed by atoms with Crippen LogP contribution in [0.15, 0.2) is 18.2 Å². The molecule has 4 heterocycles. The second-order valence-corrected chi connectivity index (χ2v) is 8.76. The van der Waals surface area contributed by atoms with Gasteiger partial charge in [0.25, 0.3) is 0 Å². The third kappa shape index (κ3) is 2.55. The lowest BCUT2D eigenvalue weighted by molar-refractivity contribution is -0.0835. The summed E-state index contributed by atoms with van der Waals surface area (Å²) in [6.07, 6.45) is 4.36. The number of H-pyrrole nitrogens is 1. The van der Waals surface area contributed by atoms with Crippen LogP contribution in [0.3, 0.4) is 0 Å². The lowest BCUT2D eigenvalue weighted by Crippen LogP contribution is -2.65. The number of aliphatic hydroxyl groups is 1. The maximum atomic E-state index is 10.7. The van der Waals surface area contributed by atoms with E-state index in [1.165, 1.54) is 17.7 Å². The zero-order valence-electron chi connectivity index (χ0n) is 16.1. The van der Waals surface area contributed by atoms with Crippen LogP contribution in [-0.4, -0.2) is 59.0 Å². The van der Waals surface area contributed by atoms with Crippen molar-refractivity contribution < 1.29 is 14.9 Å². The highest BCUT2D eigenvalue weighted by atomic mass is 16.5. The number of piperidine rings is 2. The number of aromatic hydroxyl groups is 1. The average Bonchev–Trinajstić information content (AvgIpc) is 3.00. The maximum absolute atomic E-state index is 10.7. The minimum atomic E-state index is -0.224. The highest BCUT2D eigenvalue weighted by molar-refractivity contribution is 5.86. The number of ether oxygens (including phenoxy) is 1.